The molecule has 2 amide bonds. The first kappa shape index (κ1) is 19.6. The lowest BCUT2D eigenvalue weighted by molar-refractivity contribution is -0.136. The van der Waals surface area contributed by atoms with Crippen LogP contribution in [0.3, 0.4) is 0 Å². The fraction of sp³-hybridized carbons (Fsp3) is 0.474. The first-order valence-electron chi connectivity index (χ1n) is 8.69. The Morgan fingerprint density at radius 1 is 1.19 bits per heavy atom. The van der Waals surface area contributed by atoms with Gasteiger partial charge in [-0.05, 0) is 31.0 Å². The Morgan fingerprint density at radius 2 is 1.96 bits per heavy atom. The molecule has 2 rings (SSSR count). The standard InChI is InChI=1S/C19H26N2O5/c1-5-6-7-10-26-14-9-8-13(11-15(14)24-3)17-16(18(22)25-4)12(2)20-19(23)21-17/h8-9,11,17H,5-7,10H2,1-4H3,(H2,20,21,23)/t17-/m0/s1. The zero-order chi connectivity index (χ0) is 19.1. The highest BCUT2D eigenvalue weighted by molar-refractivity contribution is 5.94. The summed E-state index contributed by atoms with van der Waals surface area (Å²) in [6.07, 6.45) is 3.20. The fourth-order valence-electron chi connectivity index (χ4n) is 2.84. The number of ether oxygens (including phenoxy) is 3. The molecule has 1 aliphatic rings. The van der Waals surface area contributed by atoms with Gasteiger partial charge in [-0.3, -0.25) is 0 Å². The van der Waals surface area contributed by atoms with Gasteiger partial charge in [0.1, 0.15) is 0 Å². The van der Waals surface area contributed by atoms with Crippen molar-refractivity contribution in [1.82, 2.24) is 10.6 Å². The molecule has 26 heavy (non-hydrogen) atoms. The monoisotopic (exact) mass is 362 g/mol. The van der Waals surface area contributed by atoms with E-state index in [0.29, 0.717) is 34.9 Å². The van der Waals surface area contributed by atoms with E-state index < -0.39 is 12.0 Å². The molecule has 7 nitrogen and oxygen atoms in total. The summed E-state index contributed by atoms with van der Waals surface area (Å²) >= 11 is 0. The molecule has 0 aromatic heterocycles. The van der Waals surface area contributed by atoms with Crippen LogP contribution < -0.4 is 20.1 Å². The number of urea groups is 1. The normalized spacial score (nSPS) is 16.6. The molecule has 0 bridgehead atoms. The molecule has 0 fully saturated rings. The largest absolute Gasteiger partial charge is 0.493 e. The highest BCUT2D eigenvalue weighted by Crippen LogP contribution is 2.34. The summed E-state index contributed by atoms with van der Waals surface area (Å²) in [7, 11) is 2.87. The van der Waals surface area contributed by atoms with Gasteiger partial charge in [-0.25, -0.2) is 9.59 Å². The van der Waals surface area contributed by atoms with Crippen molar-refractivity contribution in [3.05, 3.63) is 35.0 Å². The third-order valence-corrected chi connectivity index (χ3v) is 4.20. The first-order chi connectivity index (χ1) is 12.5. The molecule has 7 heteroatoms. The van der Waals surface area contributed by atoms with Crippen LogP contribution in [0.1, 0.15) is 44.7 Å². The molecule has 1 aromatic carbocycles. The lowest BCUT2D eigenvalue weighted by Crippen LogP contribution is -2.45. The maximum atomic E-state index is 12.2. The van der Waals surface area contributed by atoms with E-state index in [4.69, 9.17) is 14.2 Å². The average Bonchev–Trinajstić information content (AvgIpc) is 2.64. The van der Waals surface area contributed by atoms with E-state index in [1.54, 1.807) is 26.2 Å². The molecular formula is C19H26N2O5. The van der Waals surface area contributed by atoms with E-state index in [2.05, 4.69) is 17.6 Å². The summed E-state index contributed by atoms with van der Waals surface area (Å²) in [6.45, 7) is 4.41. The summed E-state index contributed by atoms with van der Waals surface area (Å²) in [5.74, 6) is 0.681. The maximum Gasteiger partial charge on any atom is 0.337 e. The van der Waals surface area contributed by atoms with Gasteiger partial charge < -0.3 is 24.8 Å². The SMILES string of the molecule is CCCCCOc1ccc([C@@H]2NC(=O)NC(C)=C2C(=O)OC)cc1OC. The molecule has 0 saturated carbocycles. The van der Waals surface area contributed by atoms with Crippen LogP contribution in [0.2, 0.25) is 0 Å². The fourth-order valence-corrected chi connectivity index (χ4v) is 2.84. The maximum absolute atomic E-state index is 12.2. The quantitative estimate of drug-likeness (QED) is 0.548. The van der Waals surface area contributed by atoms with Gasteiger partial charge >= 0.3 is 12.0 Å². The Hall–Kier alpha value is -2.70. The second-order valence-corrected chi connectivity index (χ2v) is 6.03. The Labute approximate surface area is 153 Å². The highest BCUT2D eigenvalue weighted by atomic mass is 16.5. The third kappa shape index (κ3) is 4.47. The molecule has 2 N–H and O–H groups in total. The van der Waals surface area contributed by atoms with Gasteiger partial charge in [0.2, 0.25) is 0 Å². The zero-order valence-corrected chi connectivity index (χ0v) is 15.7. The number of nitrogens with one attached hydrogen (secondary N) is 2. The van der Waals surface area contributed by atoms with E-state index in [1.165, 1.54) is 7.11 Å². The molecule has 142 valence electrons. The van der Waals surface area contributed by atoms with Crippen molar-refractivity contribution in [1.29, 1.82) is 0 Å². The van der Waals surface area contributed by atoms with Crippen LogP contribution in [0.15, 0.2) is 29.5 Å². The summed E-state index contributed by atoms with van der Waals surface area (Å²) in [6, 6.07) is 4.36. The van der Waals surface area contributed by atoms with E-state index >= 15 is 0 Å². The van der Waals surface area contributed by atoms with Crippen molar-refractivity contribution < 1.29 is 23.8 Å². The number of carbonyl (C=O) groups is 2. The van der Waals surface area contributed by atoms with Gasteiger partial charge in [-0.15, -0.1) is 0 Å². The molecule has 0 unspecified atom stereocenters. The van der Waals surface area contributed by atoms with E-state index in [0.717, 1.165) is 19.3 Å². The highest BCUT2D eigenvalue weighted by Gasteiger charge is 2.32. The number of benzene rings is 1. The molecule has 0 spiro atoms. The van der Waals surface area contributed by atoms with Crippen molar-refractivity contribution in [2.45, 2.75) is 39.2 Å². The number of unbranched alkanes of at least 4 members (excludes halogenated alkanes) is 2. The van der Waals surface area contributed by atoms with Gasteiger partial charge in [0.15, 0.2) is 11.5 Å². The van der Waals surface area contributed by atoms with Crippen LogP contribution in [0, 0.1) is 0 Å². The number of allylic oxidation sites excluding steroid dienone is 1. The summed E-state index contributed by atoms with van der Waals surface area (Å²) in [4.78, 5) is 24.0. The van der Waals surface area contributed by atoms with Gasteiger partial charge in [0.05, 0.1) is 32.4 Å². The van der Waals surface area contributed by atoms with Crippen molar-refractivity contribution in [3.63, 3.8) is 0 Å². The van der Waals surface area contributed by atoms with Crippen LogP contribution in [-0.4, -0.2) is 32.8 Å². The third-order valence-electron chi connectivity index (χ3n) is 4.20. The van der Waals surface area contributed by atoms with Crippen LogP contribution in [0.25, 0.3) is 0 Å². The molecule has 1 atom stereocenters. The second-order valence-electron chi connectivity index (χ2n) is 6.03. The zero-order valence-electron chi connectivity index (χ0n) is 15.7. The van der Waals surface area contributed by atoms with E-state index in [1.807, 2.05) is 6.07 Å². The number of rotatable bonds is 8. The number of methoxy groups -OCH3 is 2. The molecule has 1 heterocycles. The van der Waals surface area contributed by atoms with Gasteiger partial charge in [-0.1, -0.05) is 25.8 Å². The predicted octanol–water partition coefficient (Wildman–Crippen LogP) is 3.07. The average molecular weight is 362 g/mol. The molecule has 0 aliphatic carbocycles. The number of carbonyl (C=O) groups excluding carboxylic acids is 2. The summed E-state index contributed by atoms with van der Waals surface area (Å²) in [5, 5.41) is 5.35. The summed E-state index contributed by atoms with van der Waals surface area (Å²) in [5.41, 5.74) is 1.52. The molecule has 1 aliphatic heterocycles. The second kappa shape index (κ2) is 9.12. The predicted molar refractivity (Wildman–Crippen MR) is 97.1 cm³/mol. The van der Waals surface area contributed by atoms with Crippen LogP contribution in [0.4, 0.5) is 4.79 Å². The van der Waals surface area contributed by atoms with Crippen LogP contribution >= 0.6 is 0 Å². The van der Waals surface area contributed by atoms with E-state index in [9.17, 15) is 9.59 Å². The molecule has 0 saturated heterocycles. The van der Waals surface area contributed by atoms with Crippen molar-refractivity contribution in [2.75, 3.05) is 20.8 Å². The number of amides is 2. The molecular weight excluding hydrogens is 336 g/mol. The topological polar surface area (TPSA) is 85.9 Å². The minimum absolute atomic E-state index is 0.353. The molecule has 0 radical (unpaired) electrons. The molecule has 1 aromatic rings. The number of hydrogen-bond acceptors (Lipinski definition) is 5. The van der Waals surface area contributed by atoms with Crippen LogP contribution in [-0.2, 0) is 9.53 Å². The minimum Gasteiger partial charge on any atom is -0.493 e. The van der Waals surface area contributed by atoms with Crippen LogP contribution in [0.5, 0.6) is 11.5 Å². The Balaban J connectivity index is 2.30. The minimum atomic E-state index is -0.626. The van der Waals surface area contributed by atoms with Gasteiger partial charge in [-0.2, -0.15) is 0 Å². The smallest absolute Gasteiger partial charge is 0.337 e. The van der Waals surface area contributed by atoms with Gasteiger partial charge in [0, 0.05) is 5.70 Å². The van der Waals surface area contributed by atoms with Gasteiger partial charge in [0.25, 0.3) is 0 Å². The Kier molecular flexibility index (Phi) is 6.89. The number of esters is 1. The lowest BCUT2D eigenvalue weighted by Gasteiger charge is -2.28. The van der Waals surface area contributed by atoms with Crippen molar-refractivity contribution >= 4 is 12.0 Å². The Bertz CT molecular complexity index is 699. The summed E-state index contributed by atoms with van der Waals surface area (Å²) < 4.78 is 16.1. The first-order valence-corrected chi connectivity index (χ1v) is 8.69. The number of hydrogen-bond donors (Lipinski definition) is 2. The lowest BCUT2D eigenvalue weighted by atomic mass is 9.95. The Morgan fingerprint density at radius 3 is 2.62 bits per heavy atom. The van der Waals surface area contributed by atoms with Crippen molar-refractivity contribution in [2.24, 2.45) is 0 Å². The van der Waals surface area contributed by atoms with E-state index in [-0.39, 0.29) is 6.03 Å². The van der Waals surface area contributed by atoms with Crippen molar-refractivity contribution in [3.8, 4) is 11.5 Å².